The van der Waals surface area contributed by atoms with Gasteiger partial charge in [-0.05, 0) is 44.1 Å². The van der Waals surface area contributed by atoms with Gasteiger partial charge >= 0.3 is 0 Å². The molecule has 0 aromatic heterocycles. The highest BCUT2D eigenvalue weighted by molar-refractivity contribution is 6.01. The first-order valence-electron chi connectivity index (χ1n) is 4.18. The molecule has 0 aromatic rings. The van der Waals surface area contributed by atoms with E-state index >= 15 is 0 Å². The van der Waals surface area contributed by atoms with Crippen molar-refractivity contribution in [3.63, 3.8) is 0 Å². The number of carbonyl (C=O) groups excluding carboxylic acids is 1. The van der Waals surface area contributed by atoms with E-state index in [0.29, 0.717) is 0 Å². The van der Waals surface area contributed by atoms with Gasteiger partial charge in [-0.15, -0.1) is 0 Å². The summed E-state index contributed by atoms with van der Waals surface area (Å²) in [5, 5.41) is 0. The number of ketones is 1. The van der Waals surface area contributed by atoms with E-state index in [2.05, 4.69) is 4.99 Å². The first kappa shape index (κ1) is 7.47. The molecule has 2 nitrogen and oxygen atoms in total. The van der Waals surface area contributed by atoms with Gasteiger partial charge in [0.25, 0.3) is 0 Å². The molecule has 2 heteroatoms. The molecule has 0 saturated carbocycles. The molecule has 1 aliphatic carbocycles. The number of hydrogen-bond acceptors (Lipinski definition) is 2. The van der Waals surface area contributed by atoms with Crippen molar-refractivity contribution in [2.45, 2.75) is 25.3 Å². The summed E-state index contributed by atoms with van der Waals surface area (Å²) >= 11 is 0. The Bertz CT molecular complexity index is 294. The van der Waals surface area contributed by atoms with Crippen LogP contribution in [0.25, 0.3) is 0 Å². The third-order valence-corrected chi connectivity index (χ3v) is 2.36. The summed E-state index contributed by atoms with van der Waals surface area (Å²) in [6.07, 6.45) is 9.10. The maximum atomic E-state index is 10.9. The molecule has 1 spiro atoms. The molecule has 1 aliphatic heterocycles. The number of carbonyl (C=O) groups is 1. The predicted octanol–water partition coefficient (Wildman–Crippen LogP) is 1.68. The Balaban J connectivity index is 2.31. The van der Waals surface area contributed by atoms with Crippen molar-refractivity contribution in [2.24, 2.45) is 4.99 Å². The van der Waals surface area contributed by atoms with Gasteiger partial charge in [0.15, 0.2) is 5.78 Å². The molecule has 0 saturated heterocycles. The molecule has 0 amide bonds. The number of aliphatic imine (C=N–C) groups is 1. The fourth-order valence-corrected chi connectivity index (χ4v) is 1.65. The lowest BCUT2D eigenvalue weighted by atomic mass is 9.92. The van der Waals surface area contributed by atoms with Crippen LogP contribution in [0.5, 0.6) is 0 Å². The number of nitrogens with zero attached hydrogens (tertiary/aromatic N) is 1. The van der Waals surface area contributed by atoms with E-state index in [1.807, 2.05) is 19.1 Å². The highest BCUT2D eigenvalue weighted by atomic mass is 16.1. The minimum Gasteiger partial charge on any atom is -0.290 e. The quantitative estimate of drug-likeness (QED) is 0.531. The molecule has 0 atom stereocenters. The molecule has 0 unspecified atom stereocenters. The van der Waals surface area contributed by atoms with E-state index in [9.17, 15) is 4.79 Å². The van der Waals surface area contributed by atoms with E-state index in [1.54, 1.807) is 12.2 Å². The zero-order valence-electron chi connectivity index (χ0n) is 7.08. The lowest BCUT2D eigenvalue weighted by Crippen LogP contribution is -2.20. The maximum Gasteiger partial charge on any atom is 0.178 e. The van der Waals surface area contributed by atoms with Crippen LogP contribution in [0.3, 0.4) is 0 Å². The minimum absolute atomic E-state index is 0.0698. The van der Waals surface area contributed by atoms with Crippen molar-refractivity contribution >= 4 is 11.5 Å². The smallest absolute Gasteiger partial charge is 0.178 e. The van der Waals surface area contributed by atoms with E-state index in [0.717, 1.165) is 12.8 Å². The van der Waals surface area contributed by atoms with Crippen molar-refractivity contribution in [1.29, 1.82) is 0 Å². The average molecular weight is 161 g/mol. The van der Waals surface area contributed by atoms with Gasteiger partial charge in [0.1, 0.15) is 0 Å². The van der Waals surface area contributed by atoms with Crippen LogP contribution in [0.4, 0.5) is 0 Å². The monoisotopic (exact) mass is 161 g/mol. The molecule has 62 valence electrons. The van der Waals surface area contributed by atoms with Crippen molar-refractivity contribution in [3.8, 4) is 0 Å². The number of hydrogen-bond donors (Lipinski definition) is 0. The summed E-state index contributed by atoms with van der Waals surface area (Å²) in [5.74, 6) is 0.0698. The van der Waals surface area contributed by atoms with Gasteiger partial charge in [-0.3, -0.25) is 9.79 Å². The van der Waals surface area contributed by atoms with Gasteiger partial charge in [-0.25, -0.2) is 0 Å². The first-order chi connectivity index (χ1) is 5.70. The summed E-state index contributed by atoms with van der Waals surface area (Å²) < 4.78 is 0. The Hall–Kier alpha value is -1.18. The van der Waals surface area contributed by atoms with Crippen LogP contribution in [0.2, 0.25) is 0 Å². The van der Waals surface area contributed by atoms with Gasteiger partial charge in [-0.1, -0.05) is 0 Å². The van der Waals surface area contributed by atoms with Crippen molar-refractivity contribution < 1.29 is 4.79 Å². The van der Waals surface area contributed by atoms with Crippen LogP contribution >= 0.6 is 0 Å². The fourth-order valence-electron chi connectivity index (χ4n) is 1.65. The maximum absolute atomic E-state index is 10.9. The van der Waals surface area contributed by atoms with Crippen LogP contribution in [-0.2, 0) is 4.79 Å². The van der Waals surface area contributed by atoms with Crippen LogP contribution in [0.15, 0.2) is 29.3 Å². The Morgan fingerprint density at radius 3 is 2.58 bits per heavy atom. The Morgan fingerprint density at radius 2 is 2.08 bits per heavy atom. The molecular weight excluding hydrogens is 150 g/mol. The van der Waals surface area contributed by atoms with Gasteiger partial charge in [-0.2, -0.15) is 0 Å². The van der Waals surface area contributed by atoms with Gasteiger partial charge in [0.2, 0.25) is 0 Å². The zero-order chi connectivity index (χ0) is 8.60. The van der Waals surface area contributed by atoms with E-state index < -0.39 is 0 Å². The summed E-state index contributed by atoms with van der Waals surface area (Å²) in [5.41, 5.74) is 1.01. The molecule has 0 radical (unpaired) electrons. The third-order valence-electron chi connectivity index (χ3n) is 2.36. The number of rotatable bonds is 0. The summed E-state index contributed by atoms with van der Waals surface area (Å²) in [6.45, 7) is 2.03. The highest BCUT2D eigenvalue weighted by Gasteiger charge is 2.29. The van der Waals surface area contributed by atoms with Crippen molar-refractivity contribution in [3.05, 3.63) is 24.3 Å². The van der Waals surface area contributed by atoms with Crippen LogP contribution < -0.4 is 0 Å². The molecule has 2 rings (SSSR count). The van der Waals surface area contributed by atoms with Gasteiger partial charge in [0, 0.05) is 5.71 Å². The predicted molar refractivity (Wildman–Crippen MR) is 48.4 cm³/mol. The Morgan fingerprint density at radius 1 is 1.42 bits per heavy atom. The normalized spacial score (nSPS) is 25.1. The fraction of sp³-hybridized carbons (Fsp3) is 0.400. The highest BCUT2D eigenvalue weighted by Crippen LogP contribution is 2.30. The molecule has 2 aliphatic rings. The first-order valence-corrected chi connectivity index (χ1v) is 4.18. The van der Waals surface area contributed by atoms with E-state index in [-0.39, 0.29) is 11.3 Å². The lowest BCUT2D eigenvalue weighted by molar-refractivity contribution is -0.110. The van der Waals surface area contributed by atoms with Crippen LogP contribution in [0.1, 0.15) is 19.8 Å². The zero-order valence-corrected chi connectivity index (χ0v) is 7.08. The second kappa shape index (κ2) is 2.41. The SMILES string of the molecule is CC1=NC2(C=CC(=O)C=C2)CC1. The summed E-state index contributed by atoms with van der Waals surface area (Å²) in [6, 6.07) is 0. The summed E-state index contributed by atoms with van der Waals surface area (Å²) in [7, 11) is 0. The summed E-state index contributed by atoms with van der Waals surface area (Å²) in [4.78, 5) is 15.4. The molecule has 0 N–H and O–H groups in total. The van der Waals surface area contributed by atoms with Crippen molar-refractivity contribution in [1.82, 2.24) is 0 Å². The minimum atomic E-state index is -0.169. The molecule has 1 heterocycles. The Labute approximate surface area is 71.7 Å². The molecule has 12 heavy (non-hydrogen) atoms. The average Bonchev–Trinajstić information content (AvgIpc) is 2.40. The standard InChI is InChI=1S/C10H11NO/c1-8-2-5-10(11-8)6-3-9(12)4-7-10/h3-4,6-7H,2,5H2,1H3. The molecular formula is C10H11NO. The van der Waals surface area contributed by atoms with Crippen LogP contribution in [-0.4, -0.2) is 17.0 Å². The topological polar surface area (TPSA) is 29.4 Å². The lowest BCUT2D eigenvalue weighted by Gasteiger charge is -2.18. The van der Waals surface area contributed by atoms with Gasteiger partial charge < -0.3 is 0 Å². The van der Waals surface area contributed by atoms with E-state index in [1.165, 1.54) is 5.71 Å². The Kier molecular flexibility index (Phi) is 1.50. The second-order valence-corrected chi connectivity index (χ2v) is 3.41. The molecule has 0 fully saturated rings. The largest absolute Gasteiger partial charge is 0.290 e. The molecule has 0 aromatic carbocycles. The second-order valence-electron chi connectivity index (χ2n) is 3.41. The van der Waals surface area contributed by atoms with Crippen LogP contribution in [0, 0.1) is 0 Å². The molecule has 0 bridgehead atoms. The third kappa shape index (κ3) is 1.13. The van der Waals surface area contributed by atoms with Gasteiger partial charge in [0.05, 0.1) is 5.54 Å². The van der Waals surface area contributed by atoms with E-state index in [4.69, 9.17) is 0 Å². The van der Waals surface area contributed by atoms with Crippen molar-refractivity contribution in [2.75, 3.05) is 0 Å². The number of allylic oxidation sites excluding steroid dienone is 2.